The van der Waals surface area contributed by atoms with E-state index in [1.165, 1.54) is 25.8 Å². The lowest BCUT2D eigenvalue weighted by Crippen LogP contribution is -2.29. The number of nitrogens with one attached hydrogen (secondary N) is 2. The molecule has 2 fully saturated rings. The van der Waals surface area contributed by atoms with Crippen LogP contribution < -0.4 is 10.6 Å². The molecule has 2 saturated carbocycles. The van der Waals surface area contributed by atoms with Crippen LogP contribution in [0.1, 0.15) is 39.0 Å². The van der Waals surface area contributed by atoms with Crippen molar-refractivity contribution in [3.63, 3.8) is 0 Å². The van der Waals surface area contributed by atoms with E-state index in [4.69, 9.17) is 0 Å². The van der Waals surface area contributed by atoms with Gasteiger partial charge in [0.05, 0.1) is 0 Å². The number of rotatable bonds is 7. The second-order valence-corrected chi connectivity index (χ2v) is 5.33. The van der Waals surface area contributed by atoms with Crippen molar-refractivity contribution in [3.05, 3.63) is 0 Å². The molecule has 3 unspecified atom stereocenters. The van der Waals surface area contributed by atoms with Crippen LogP contribution in [0, 0.1) is 17.8 Å². The van der Waals surface area contributed by atoms with E-state index in [1.54, 1.807) is 12.8 Å². The van der Waals surface area contributed by atoms with E-state index in [1.807, 2.05) is 0 Å². The second-order valence-electron chi connectivity index (χ2n) is 5.33. The number of likely N-dealkylation sites (N-methyl/N-ethyl adjacent to an activating group) is 1. The maximum Gasteiger partial charge on any atom is 0.00767 e. The molecule has 2 heteroatoms. The zero-order valence-corrected chi connectivity index (χ0v) is 10.1. The van der Waals surface area contributed by atoms with Gasteiger partial charge in [0.2, 0.25) is 0 Å². The summed E-state index contributed by atoms with van der Waals surface area (Å²) in [4.78, 5) is 0. The Balaban J connectivity index is 1.48. The van der Waals surface area contributed by atoms with E-state index in [-0.39, 0.29) is 0 Å². The van der Waals surface area contributed by atoms with E-state index >= 15 is 0 Å². The van der Waals surface area contributed by atoms with Gasteiger partial charge in [-0.2, -0.15) is 0 Å². The van der Waals surface area contributed by atoms with Gasteiger partial charge in [-0.3, -0.25) is 0 Å². The van der Waals surface area contributed by atoms with Crippen LogP contribution in [0.5, 0.6) is 0 Å². The summed E-state index contributed by atoms with van der Waals surface area (Å²) in [6, 6.07) is 0. The van der Waals surface area contributed by atoms with Crippen LogP contribution in [0.4, 0.5) is 0 Å². The van der Waals surface area contributed by atoms with Crippen molar-refractivity contribution >= 4 is 0 Å². The summed E-state index contributed by atoms with van der Waals surface area (Å²) in [5.41, 5.74) is 0. The standard InChI is InChI=1S/C13H26N2/c1-2-14-7-8-15-6-5-13-10-11-3-4-12(13)9-11/h11-15H,2-10H2,1H3. The Morgan fingerprint density at radius 1 is 1.00 bits per heavy atom. The molecule has 2 aliphatic rings. The van der Waals surface area contributed by atoms with E-state index < -0.39 is 0 Å². The van der Waals surface area contributed by atoms with Gasteiger partial charge < -0.3 is 10.6 Å². The van der Waals surface area contributed by atoms with Crippen LogP contribution >= 0.6 is 0 Å². The molecule has 0 aromatic heterocycles. The minimum Gasteiger partial charge on any atom is -0.316 e. The Labute approximate surface area is 94.2 Å². The lowest BCUT2D eigenvalue weighted by molar-refractivity contribution is 0.310. The van der Waals surface area contributed by atoms with Gasteiger partial charge in [-0.05, 0) is 56.5 Å². The van der Waals surface area contributed by atoms with Gasteiger partial charge in [0.25, 0.3) is 0 Å². The summed E-state index contributed by atoms with van der Waals surface area (Å²) in [7, 11) is 0. The summed E-state index contributed by atoms with van der Waals surface area (Å²) in [5.74, 6) is 3.28. The summed E-state index contributed by atoms with van der Waals surface area (Å²) >= 11 is 0. The Morgan fingerprint density at radius 2 is 1.87 bits per heavy atom. The minimum absolute atomic E-state index is 1.07. The summed E-state index contributed by atoms with van der Waals surface area (Å²) in [6.45, 7) is 6.74. The average Bonchev–Trinajstić information content (AvgIpc) is 2.85. The van der Waals surface area contributed by atoms with Crippen LogP contribution in [-0.2, 0) is 0 Å². The highest BCUT2D eigenvalue weighted by molar-refractivity contribution is 4.89. The van der Waals surface area contributed by atoms with Gasteiger partial charge in [0, 0.05) is 13.1 Å². The molecule has 0 spiro atoms. The van der Waals surface area contributed by atoms with Crippen molar-refractivity contribution in [3.8, 4) is 0 Å². The maximum absolute atomic E-state index is 3.54. The van der Waals surface area contributed by atoms with Gasteiger partial charge in [-0.15, -0.1) is 0 Å². The Bertz CT molecular complexity index is 181. The molecule has 15 heavy (non-hydrogen) atoms. The Kier molecular flexibility index (Phi) is 4.45. The fraction of sp³-hybridized carbons (Fsp3) is 1.00. The van der Waals surface area contributed by atoms with E-state index in [0.29, 0.717) is 0 Å². The van der Waals surface area contributed by atoms with Gasteiger partial charge in [0.1, 0.15) is 0 Å². The van der Waals surface area contributed by atoms with Gasteiger partial charge >= 0.3 is 0 Å². The summed E-state index contributed by atoms with van der Waals surface area (Å²) in [6.07, 6.45) is 7.59. The van der Waals surface area contributed by atoms with Crippen molar-refractivity contribution < 1.29 is 0 Å². The van der Waals surface area contributed by atoms with E-state index in [9.17, 15) is 0 Å². The van der Waals surface area contributed by atoms with Crippen molar-refractivity contribution in [1.82, 2.24) is 10.6 Å². The molecule has 0 amide bonds. The molecule has 2 rings (SSSR count). The lowest BCUT2D eigenvalue weighted by atomic mass is 9.86. The lowest BCUT2D eigenvalue weighted by Gasteiger charge is -2.21. The van der Waals surface area contributed by atoms with Crippen molar-refractivity contribution in [2.45, 2.75) is 39.0 Å². The average molecular weight is 210 g/mol. The molecule has 0 saturated heterocycles. The second kappa shape index (κ2) is 5.86. The molecular formula is C13H26N2. The molecule has 0 heterocycles. The summed E-state index contributed by atoms with van der Waals surface area (Å²) < 4.78 is 0. The van der Waals surface area contributed by atoms with Gasteiger partial charge in [-0.25, -0.2) is 0 Å². The molecule has 0 aromatic rings. The number of hydrogen-bond donors (Lipinski definition) is 2. The third-order valence-corrected chi connectivity index (χ3v) is 4.30. The molecule has 0 aliphatic heterocycles. The zero-order valence-electron chi connectivity index (χ0n) is 10.1. The molecule has 3 atom stereocenters. The quantitative estimate of drug-likeness (QED) is 0.628. The van der Waals surface area contributed by atoms with Crippen molar-refractivity contribution in [1.29, 1.82) is 0 Å². The first kappa shape index (κ1) is 11.4. The number of hydrogen-bond acceptors (Lipinski definition) is 2. The third-order valence-electron chi connectivity index (χ3n) is 4.30. The molecule has 0 radical (unpaired) electrons. The maximum atomic E-state index is 3.54. The largest absolute Gasteiger partial charge is 0.316 e. The normalized spacial score (nSPS) is 33.8. The topological polar surface area (TPSA) is 24.1 Å². The highest BCUT2D eigenvalue weighted by atomic mass is 14.9. The van der Waals surface area contributed by atoms with E-state index in [0.717, 1.165) is 37.4 Å². The molecule has 2 nitrogen and oxygen atoms in total. The first-order valence-electron chi connectivity index (χ1n) is 6.81. The van der Waals surface area contributed by atoms with Crippen LogP contribution in [0.2, 0.25) is 0 Å². The first-order chi connectivity index (χ1) is 7.40. The molecule has 2 aliphatic carbocycles. The smallest absolute Gasteiger partial charge is 0.00767 e. The third kappa shape index (κ3) is 3.18. The monoisotopic (exact) mass is 210 g/mol. The zero-order chi connectivity index (χ0) is 10.5. The summed E-state index contributed by atoms with van der Waals surface area (Å²) in [5, 5.41) is 6.89. The predicted molar refractivity (Wildman–Crippen MR) is 65.0 cm³/mol. The molecular weight excluding hydrogens is 184 g/mol. The Hall–Kier alpha value is -0.0800. The van der Waals surface area contributed by atoms with Crippen LogP contribution in [-0.4, -0.2) is 26.2 Å². The Morgan fingerprint density at radius 3 is 2.53 bits per heavy atom. The van der Waals surface area contributed by atoms with Crippen LogP contribution in [0.15, 0.2) is 0 Å². The van der Waals surface area contributed by atoms with Gasteiger partial charge in [-0.1, -0.05) is 13.3 Å². The highest BCUT2D eigenvalue weighted by Crippen LogP contribution is 2.49. The van der Waals surface area contributed by atoms with Gasteiger partial charge in [0.15, 0.2) is 0 Å². The van der Waals surface area contributed by atoms with Crippen LogP contribution in [0.3, 0.4) is 0 Å². The van der Waals surface area contributed by atoms with Crippen LogP contribution in [0.25, 0.3) is 0 Å². The predicted octanol–water partition coefficient (Wildman–Crippen LogP) is 2.01. The fourth-order valence-corrected chi connectivity index (χ4v) is 3.50. The van der Waals surface area contributed by atoms with Crippen molar-refractivity contribution in [2.24, 2.45) is 17.8 Å². The SMILES string of the molecule is CCNCCNCCC1CC2CCC1C2. The first-order valence-corrected chi connectivity index (χ1v) is 6.81. The molecule has 88 valence electrons. The molecule has 0 aromatic carbocycles. The highest BCUT2D eigenvalue weighted by Gasteiger charge is 2.38. The number of fused-ring (bicyclic) bond motifs is 2. The fourth-order valence-electron chi connectivity index (χ4n) is 3.50. The van der Waals surface area contributed by atoms with Crippen molar-refractivity contribution in [2.75, 3.05) is 26.2 Å². The molecule has 2 bridgehead atoms. The van der Waals surface area contributed by atoms with E-state index in [2.05, 4.69) is 17.6 Å². The minimum atomic E-state index is 1.07. The molecule has 2 N–H and O–H groups in total.